The van der Waals surface area contributed by atoms with Gasteiger partial charge in [-0.05, 0) is 19.1 Å². The summed E-state index contributed by atoms with van der Waals surface area (Å²) in [5.41, 5.74) is 2.93. The van der Waals surface area contributed by atoms with E-state index in [4.69, 9.17) is 9.15 Å². The Bertz CT molecular complexity index is 582. The minimum absolute atomic E-state index is 0.122. The molecule has 21 heavy (non-hydrogen) atoms. The largest absolute Gasteiger partial charge is 0.444 e. The number of hydrogen-bond donors (Lipinski definition) is 2. The van der Waals surface area contributed by atoms with Crippen molar-refractivity contribution in [2.24, 2.45) is 5.41 Å². The zero-order chi connectivity index (χ0) is 14.7. The van der Waals surface area contributed by atoms with Crippen molar-refractivity contribution in [1.29, 1.82) is 0 Å². The van der Waals surface area contributed by atoms with Crippen molar-refractivity contribution in [3.05, 3.63) is 41.8 Å². The Morgan fingerprint density at radius 2 is 2.05 bits per heavy atom. The fraction of sp³-hybridized carbons (Fsp3) is 0.438. The zero-order valence-electron chi connectivity index (χ0n) is 12.1. The van der Waals surface area contributed by atoms with Gasteiger partial charge in [0.2, 0.25) is 5.89 Å². The Balaban J connectivity index is 1.56. The first-order valence-electron chi connectivity index (χ1n) is 7.12. The summed E-state index contributed by atoms with van der Waals surface area (Å²) >= 11 is 0. The summed E-state index contributed by atoms with van der Waals surface area (Å²) in [4.78, 5) is 4.48. The van der Waals surface area contributed by atoms with E-state index in [0.29, 0.717) is 25.6 Å². The van der Waals surface area contributed by atoms with Gasteiger partial charge in [-0.15, -0.1) is 0 Å². The lowest BCUT2D eigenvalue weighted by Gasteiger charge is -2.39. The molecule has 0 radical (unpaired) electrons. The topological polar surface area (TPSA) is 67.5 Å². The fourth-order valence-corrected chi connectivity index (χ4v) is 2.31. The highest BCUT2D eigenvalue weighted by atomic mass is 16.5. The molecule has 5 nitrogen and oxygen atoms in total. The van der Waals surface area contributed by atoms with Gasteiger partial charge in [0, 0.05) is 18.7 Å². The number of aliphatic hydroxyl groups is 1. The highest BCUT2D eigenvalue weighted by molar-refractivity contribution is 5.53. The third-order valence-corrected chi connectivity index (χ3v) is 3.81. The van der Waals surface area contributed by atoms with Gasteiger partial charge >= 0.3 is 0 Å². The predicted molar refractivity (Wildman–Crippen MR) is 78.7 cm³/mol. The second-order valence-corrected chi connectivity index (χ2v) is 5.76. The van der Waals surface area contributed by atoms with Gasteiger partial charge in [0.15, 0.2) is 0 Å². The Kier molecular flexibility index (Phi) is 4.05. The van der Waals surface area contributed by atoms with Crippen LogP contribution in [0.3, 0.4) is 0 Å². The predicted octanol–water partition coefficient (Wildman–Crippen LogP) is 1.75. The molecule has 2 aromatic rings. The van der Waals surface area contributed by atoms with Crippen LogP contribution in [0.1, 0.15) is 11.3 Å². The number of aliphatic hydroxyl groups excluding tert-OH is 1. The van der Waals surface area contributed by atoms with Gasteiger partial charge in [-0.3, -0.25) is 0 Å². The van der Waals surface area contributed by atoms with Crippen molar-refractivity contribution in [3.63, 3.8) is 0 Å². The number of aromatic nitrogens is 1. The van der Waals surface area contributed by atoms with Crippen LogP contribution in [0, 0.1) is 12.3 Å². The molecule has 5 heteroatoms. The number of hydrogen-bond acceptors (Lipinski definition) is 5. The van der Waals surface area contributed by atoms with Gasteiger partial charge in [0.1, 0.15) is 6.26 Å². The van der Waals surface area contributed by atoms with Gasteiger partial charge in [0.25, 0.3) is 0 Å². The number of ether oxygens (including phenoxy) is 1. The lowest BCUT2D eigenvalue weighted by Crippen LogP contribution is -2.52. The number of nitrogens with zero attached hydrogens (tertiary/aromatic N) is 1. The monoisotopic (exact) mass is 288 g/mol. The van der Waals surface area contributed by atoms with Crippen molar-refractivity contribution in [3.8, 4) is 11.5 Å². The molecule has 1 aliphatic rings. The molecule has 1 fully saturated rings. The third kappa shape index (κ3) is 3.15. The van der Waals surface area contributed by atoms with Crippen LogP contribution >= 0.6 is 0 Å². The van der Waals surface area contributed by atoms with Gasteiger partial charge < -0.3 is 19.6 Å². The van der Waals surface area contributed by atoms with Gasteiger partial charge in [-0.1, -0.05) is 17.7 Å². The molecule has 0 aliphatic carbocycles. The van der Waals surface area contributed by atoms with Crippen LogP contribution < -0.4 is 5.32 Å². The molecular formula is C16H20N2O3. The van der Waals surface area contributed by atoms with E-state index in [-0.39, 0.29) is 12.0 Å². The number of benzene rings is 1. The van der Waals surface area contributed by atoms with Gasteiger partial charge in [-0.2, -0.15) is 0 Å². The highest BCUT2D eigenvalue weighted by Crippen LogP contribution is 2.25. The third-order valence-electron chi connectivity index (χ3n) is 3.81. The first-order chi connectivity index (χ1) is 10.2. The molecule has 1 aromatic carbocycles. The van der Waals surface area contributed by atoms with Crippen molar-refractivity contribution in [2.75, 3.05) is 26.4 Å². The Labute approximate surface area is 124 Å². The Morgan fingerprint density at radius 3 is 2.67 bits per heavy atom. The van der Waals surface area contributed by atoms with E-state index in [1.165, 1.54) is 5.56 Å². The summed E-state index contributed by atoms with van der Waals surface area (Å²) in [6.07, 6.45) is 1.67. The Morgan fingerprint density at radius 1 is 1.29 bits per heavy atom. The van der Waals surface area contributed by atoms with Crippen LogP contribution in [0.15, 0.2) is 34.9 Å². The summed E-state index contributed by atoms with van der Waals surface area (Å²) in [6.45, 7) is 4.77. The lowest BCUT2D eigenvalue weighted by atomic mass is 9.87. The zero-order valence-corrected chi connectivity index (χ0v) is 12.1. The molecule has 112 valence electrons. The van der Waals surface area contributed by atoms with Crippen LogP contribution in [0.4, 0.5) is 0 Å². The summed E-state index contributed by atoms with van der Waals surface area (Å²) in [7, 11) is 0. The van der Waals surface area contributed by atoms with Crippen LogP contribution in [-0.2, 0) is 11.3 Å². The molecule has 0 atom stereocenters. The Hall–Kier alpha value is -1.69. The van der Waals surface area contributed by atoms with Crippen molar-refractivity contribution in [1.82, 2.24) is 10.3 Å². The molecule has 0 amide bonds. The lowest BCUT2D eigenvalue weighted by molar-refractivity contribution is -0.134. The highest BCUT2D eigenvalue weighted by Gasteiger charge is 2.37. The van der Waals surface area contributed by atoms with E-state index >= 15 is 0 Å². The van der Waals surface area contributed by atoms with Crippen molar-refractivity contribution in [2.45, 2.75) is 13.5 Å². The van der Waals surface area contributed by atoms with Crippen LogP contribution in [0.2, 0.25) is 0 Å². The van der Waals surface area contributed by atoms with E-state index in [0.717, 1.165) is 17.8 Å². The van der Waals surface area contributed by atoms with E-state index < -0.39 is 0 Å². The summed E-state index contributed by atoms with van der Waals surface area (Å²) in [5.74, 6) is 0.635. The average Bonchev–Trinajstić information content (AvgIpc) is 2.91. The molecule has 2 heterocycles. The molecule has 0 spiro atoms. The first-order valence-corrected chi connectivity index (χ1v) is 7.12. The minimum atomic E-state index is -0.122. The smallest absolute Gasteiger partial charge is 0.226 e. The van der Waals surface area contributed by atoms with Crippen LogP contribution in [-0.4, -0.2) is 36.5 Å². The standard InChI is InChI=1S/C16H20N2O3/c1-12-2-4-13(5-3-12)15-18-14(7-21-15)6-17-8-16(9-19)10-20-11-16/h2-5,7,17,19H,6,8-11H2,1H3. The molecule has 1 saturated heterocycles. The maximum Gasteiger partial charge on any atom is 0.226 e. The first kappa shape index (κ1) is 14.3. The second kappa shape index (κ2) is 5.97. The van der Waals surface area contributed by atoms with Crippen molar-refractivity contribution < 1.29 is 14.3 Å². The molecule has 1 aromatic heterocycles. The molecule has 1 aliphatic heterocycles. The quantitative estimate of drug-likeness (QED) is 0.847. The van der Waals surface area contributed by atoms with E-state index in [1.54, 1.807) is 6.26 Å². The fourth-order valence-electron chi connectivity index (χ4n) is 2.31. The maximum atomic E-state index is 9.35. The number of oxazole rings is 1. The SMILES string of the molecule is Cc1ccc(-c2nc(CNCC3(CO)COC3)co2)cc1. The molecule has 0 bridgehead atoms. The molecule has 0 saturated carbocycles. The van der Waals surface area contributed by atoms with E-state index in [2.05, 4.69) is 17.2 Å². The average molecular weight is 288 g/mol. The maximum absolute atomic E-state index is 9.35. The van der Waals surface area contributed by atoms with Gasteiger partial charge in [-0.25, -0.2) is 4.98 Å². The normalized spacial score (nSPS) is 16.7. The molecule has 2 N–H and O–H groups in total. The van der Waals surface area contributed by atoms with E-state index in [1.807, 2.05) is 24.3 Å². The van der Waals surface area contributed by atoms with Crippen LogP contribution in [0.25, 0.3) is 11.5 Å². The number of aryl methyl sites for hydroxylation is 1. The summed E-state index contributed by atoms with van der Waals surface area (Å²) < 4.78 is 10.7. The minimum Gasteiger partial charge on any atom is -0.444 e. The summed E-state index contributed by atoms with van der Waals surface area (Å²) in [6, 6.07) is 8.09. The van der Waals surface area contributed by atoms with Crippen molar-refractivity contribution >= 4 is 0 Å². The number of rotatable bonds is 6. The molecular weight excluding hydrogens is 268 g/mol. The molecule has 3 rings (SSSR count). The number of nitrogens with one attached hydrogen (secondary N) is 1. The van der Waals surface area contributed by atoms with Gasteiger partial charge in [0.05, 0.1) is 30.9 Å². The molecule has 0 unspecified atom stereocenters. The second-order valence-electron chi connectivity index (χ2n) is 5.76. The summed E-state index contributed by atoms with van der Waals surface area (Å²) in [5, 5.41) is 12.7. The van der Waals surface area contributed by atoms with Crippen LogP contribution in [0.5, 0.6) is 0 Å². The van der Waals surface area contributed by atoms with E-state index in [9.17, 15) is 5.11 Å².